The molecule has 1 amide bonds. The van der Waals surface area contributed by atoms with Gasteiger partial charge in [-0.15, -0.1) is 11.6 Å². The van der Waals surface area contributed by atoms with Gasteiger partial charge in [0.2, 0.25) is 5.91 Å². The fourth-order valence-corrected chi connectivity index (χ4v) is 1.97. The molecule has 1 rings (SSSR count). The van der Waals surface area contributed by atoms with Gasteiger partial charge < -0.3 is 4.90 Å². The Morgan fingerprint density at radius 1 is 1.41 bits per heavy atom. The van der Waals surface area contributed by atoms with Crippen molar-refractivity contribution in [3.8, 4) is 0 Å². The van der Waals surface area contributed by atoms with E-state index in [1.807, 2.05) is 13.8 Å². The lowest BCUT2D eigenvalue weighted by Crippen LogP contribution is -2.33. The minimum absolute atomic E-state index is 0.0273. The summed E-state index contributed by atoms with van der Waals surface area (Å²) in [5.74, 6) is -0.714. The maximum Gasteiger partial charge on any atom is 0.245 e. The van der Waals surface area contributed by atoms with Crippen molar-refractivity contribution < 1.29 is 9.18 Å². The highest BCUT2D eigenvalue weighted by Gasteiger charge is 2.22. The Balaban J connectivity index is 2.92. The van der Waals surface area contributed by atoms with Crippen LogP contribution in [0.5, 0.6) is 0 Å². The average molecular weight is 278 g/mol. The van der Waals surface area contributed by atoms with Gasteiger partial charge in [0.25, 0.3) is 0 Å². The summed E-state index contributed by atoms with van der Waals surface area (Å²) < 4.78 is 13.0. The predicted molar refractivity (Wildman–Crippen MR) is 67.9 cm³/mol. The van der Waals surface area contributed by atoms with E-state index in [1.165, 1.54) is 18.2 Å². The summed E-state index contributed by atoms with van der Waals surface area (Å²) in [6, 6.07) is 4.07. The average Bonchev–Trinajstić information content (AvgIpc) is 2.33. The monoisotopic (exact) mass is 277 g/mol. The van der Waals surface area contributed by atoms with Crippen molar-refractivity contribution in [3.63, 3.8) is 0 Å². The molecule has 0 saturated heterocycles. The second kappa shape index (κ2) is 6.22. The molecule has 0 spiro atoms. The standard InChI is InChI=1S/C12H14Cl2FNO/c1-3-16(4-2)12(17)11(14)8-5-6-10(15)9(13)7-8/h5-7,11H,3-4H2,1-2H3. The zero-order valence-corrected chi connectivity index (χ0v) is 11.2. The van der Waals surface area contributed by atoms with E-state index in [0.29, 0.717) is 18.7 Å². The normalized spacial score (nSPS) is 12.3. The highest BCUT2D eigenvalue weighted by molar-refractivity contribution is 6.32. The molecule has 0 fully saturated rings. The van der Waals surface area contributed by atoms with Gasteiger partial charge in [-0.2, -0.15) is 0 Å². The Hall–Kier alpha value is -0.800. The van der Waals surface area contributed by atoms with E-state index in [1.54, 1.807) is 4.90 Å². The highest BCUT2D eigenvalue weighted by atomic mass is 35.5. The molecule has 0 aliphatic heterocycles. The molecule has 0 radical (unpaired) electrons. The minimum atomic E-state index is -0.826. The smallest absolute Gasteiger partial charge is 0.245 e. The van der Waals surface area contributed by atoms with Crippen molar-refractivity contribution in [1.29, 1.82) is 0 Å². The number of carbonyl (C=O) groups excluding carboxylic acids is 1. The van der Waals surface area contributed by atoms with Crippen LogP contribution in [0.2, 0.25) is 5.02 Å². The Labute approximate surface area is 110 Å². The molecule has 1 aromatic carbocycles. The zero-order chi connectivity index (χ0) is 13.0. The predicted octanol–water partition coefficient (Wildman–Crippen LogP) is 3.63. The lowest BCUT2D eigenvalue weighted by atomic mass is 10.1. The van der Waals surface area contributed by atoms with E-state index >= 15 is 0 Å². The lowest BCUT2D eigenvalue weighted by Gasteiger charge is -2.21. The molecule has 0 saturated carbocycles. The summed E-state index contributed by atoms with van der Waals surface area (Å²) in [6.45, 7) is 4.94. The van der Waals surface area contributed by atoms with Crippen molar-refractivity contribution in [1.82, 2.24) is 4.90 Å². The van der Waals surface area contributed by atoms with E-state index in [-0.39, 0.29) is 10.9 Å². The Morgan fingerprint density at radius 3 is 2.47 bits per heavy atom. The van der Waals surface area contributed by atoms with Gasteiger partial charge in [0.15, 0.2) is 0 Å². The first kappa shape index (κ1) is 14.3. The molecule has 0 aliphatic rings. The second-order valence-corrected chi connectivity index (χ2v) is 4.39. The minimum Gasteiger partial charge on any atom is -0.342 e. The number of halogens is 3. The van der Waals surface area contributed by atoms with Gasteiger partial charge in [-0.05, 0) is 31.5 Å². The number of likely N-dealkylation sites (N-methyl/N-ethyl adjacent to an activating group) is 1. The number of carbonyl (C=O) groups is 1. The molecular weight excluding hydrogens is 264 g/mol. The quantitative estimate of drug-likeness (QED) is 0.770. The first-order chi connectivity index (χ1) is 8.01. The van der Waals surface area contributed by atoms with E-state index in [4.69, 9.17) is 23.2 Å². The van der Waals surface area contributed by atoms with Gasteiger partial charge in [0.05, 0.1) is 5.02 Å². The third-order valence-corrected chi connectivity index (χ3v) is 3.26. The molecule has 94 valence electrons. The first-order valence-corrected chi connectivity index (χ1v) is 6.20. The third-order valence-electron chi connectivity index (χ3n) is 2.53. The highest BCUT2D eigenvalue weighted by Crippen LogP contribution is 2.26. The molecule has 0 N–H and O–H groups in total. The Morgan fingerprint density at radius 2 is 2.00 bits per heavy atom. The Bertz CT molecular complexity index is 407. The van der Waals surface area contributed by atoms with Gasteiger partial charge >= 0.3 is 0 Å². The van der Waals surface area contributed by atoms with Crippen LogP contribution in [0.4, 0.5) is 4.39 Å². The van der Waals surface area contributed by atoms with Crippen LogP contribution in [-0.2, 0) is 4.79 Å². The molecule has 5 heteroatoms. The van der Waals surface area contributed by atoms with Gasteiger partial charge in [0.1, 0.15) is 11.2 Å². The Kier molecular flexibility index (Phi) is 5.22. The summed E-state index contributed by atoms with van der Waals surface area (Å²) in [7, 11) is 0. The number of rotatable bonds is 4. The van der Waals surface area contributed by atoms with Crippen molar-refractivity contribution in [2.75, 3.05) is 13.1 Å². The van der Waals surface area contributed by atoms with Crippen LogP contribution in [0.15, 0.2) is 18.2 Å². The zero-order valence-electron chi connectivity index (χ0n) is 9.71. The fourth-order valence-electron chi connectivity index (χ4n) is 1.51. The van der Waals surface area contributed by atoms with Gasteiger partial charge in [0, 0.05) is 13.1 Å². The molecule has 0 bridgehead atoms. The molecule has 1 atom stereocenters. The lowest BCUT2D eigenvalue weighted by molar-refractivity contribution is -0.130. The molecular formula is C12H14Cl2FNO. The molecule has 0 aromatic heterocycles. The van der Waals surface area contributed by atoms with E-state index in [9.17, 15) is 9.18 Å². The fraction of sp³-hybridized carbons (Fsp3) is 0.417. The van der Waals surface area contributed by atoms with Crippen LogP contribution in [0, 0.1) is 5.82 Å². The maximum atomic E-state index is 13.0. The molecule has 2 nitrogen and oxygen atoms in total. The summed E-state index contributed by atoms with van der Waals surface area (Å²) >= 11 is 11.7. The topological polar surface area (TPSA) is 20.3 Å². The third kappa shape index (κ3) is 3.33. The van der Waals surface area contributed by atoms with Crippen LogP contribution in [0.25, 0.3) is 0 Å². The molecule has 0 heterocycles. The van der Waals surface area contributed by atoms with Crippen molar-refractivity contribution in [3.05, 3.63) is 34.6 Å². The largest absolute Gasteiger partial charge is 0.342 e. The summed E-state index contributed by atoms with van der Waals surface area (Å²) in [4.78, 5) is 13.6. The summed E-state index contributed by atoms with van der Waals surface area (Å²) in [5.41, 5.74) is 0.509. The van der Waals surface area contributed by atoms with Crippen LogP contribution >= 0.6 is 23.2 Å². The number of benzene rings is 1. The molecule has 1 unspecified atom stereocenters. The molecule has 1 aromatic rings. The van der Waals surface area contributed by atoms with E-state index in [2.05, 4.69) is 0 Å². The number of nitrogens with zero attached hydrogens (tertiary/aromatic N) is 1. The van der Waals surface area contributed by atoms with E-state index < -0.39 is 11.2 Å². The second-order valence-electron chi connectivity index (χ2n) is 3.55. The first-order valence-electron chi connectivity index (χ1n) is 5.39. The summed E-state index contributed by atoms with van der Waals surface area (Å²) in [5, 5.41) is -0.853. The number of hydrogen-bond acceptors (Lipinski definition) is 1. The van der Waals surface area contributed by atoms with Gasteiger partial charge in [-0.3, -0.25) is 4.79 Å². The van der Waals surface area contributed by atoms with Crippen molar-refractivity contribution in [2.45, 2.75) is 19.2 Å². The number of hydrogen-bond donors (Lipinski definition) is 0. The van der Waals surface area contributed by atoms with Crippen LogP contribution < -0.4 is 0 Å². The van der Waals surface area contributed by atoms with Crippen LogP contribution in [0.3, 0.4) is 0 Å². The number of amides is 1. The molecule has 0 aliphatic carbocycles. The van der Waals surface area contributed by atoms with Gasteiger partial charge in [-0.1, -0.05) is 17.7 Å². The van der Waals surface area contributed by atoms with Gasteiger partial charge in [-0.25, -0.2) is 4.39 Å². The van der Waals surface area contributed by atoms with Crippen LogP contribution in [0.1, 0.15) is 24.8 Å². The SMILES string of the molecule is CCN(CC)C(=O)C(Cl)c1ccc(F)c(Cl)c1. The van der Waals surface area contributed by atoms with E-state index in [0.717, 1.165) is 0 Å². The summed E-state index contributed by atoms with van der Waals surface area (Å²) in [6.07, 6.45) is 0. The van der Waals surface area contributed by atoms with Crippen molar-refractivity contribution in [2.24, 2.45) is 0 Å². The van der Waals surface area contributed by atoms with Crippen LogP contribution in [-0.4, -0.2) is 23.9 Å². The number of alkyl halides is 1. The molecule has 17 heavy (non-hydrogen) atoms. The van der Waals surface area contributed by atoms with Crippen molar-refractivity contribution >= 4 is 29.1 Å². The maximum absolute atomic E-state index is 13.0.